The van der Waals surface area contributed by atoms with Gasteiger partial charge < -0.3 is 15.0 Å². The van der Waals surface area contributed by atoms with E-state index in [2.05, 4.69) is 12.2 Å². The minimum Gasteiger partial charge on any atom is -0.497 e. The highest BCUT2D eigenvalue weighted by Crippen LogP contribution is 2.32. The SMILES string of the molecule is COc1cccc(NC(=O)CN(C)C(=O)c2cc3c(s2)CC[C@H](C)C3)c1. The number of likely N-dealkylation sites (N-methyl/N-ethyl adjacent to an activating group) is 1. The van der Waals surface area contributed by atoms with E-state index < -0.39 is 0 Å². The Labute approximate surface area is 158 Å². The van der Waals surface area contributed by atoms with Crippen molar-refractivity contribution < 1.29 is 14.3 Å². The molecule has 6 heteroatoms. The molecule has 1 aliphatic rings. The Balaban J connectivity index is 1.61. The number of carbonyl (C=O) groups excluding carboxylic acids is 2. The number of aryl methyl sites for hydroxylation is 1. The number of rotatable bonds is 5. The second-order valence-corrected chi connectivity index (χ2v) is 7.99. The second kappa shape index (κ2) is 7.91. The molecule has 0 bridgehead atoms. The van der Waals surface area contributed by atoms with Gasteiger partial charge in [-0.05, 0) is 48.9 Å². The highest BCUT2D eigenvalue weighted by Gasteiger charge is 2.23. The molecule has 3 rings (SSSR count). The van der Waals surface area contributed by atoms with Crippen molar-refractivity contribution in [1.82, 2.24) is 4.90 Å². The van der Waals surface area contributed by atoms with Gasteiger partial charge in [-0.2, -0.15) is 0 Å². The molecule has 0 saturated heterocycles. The molecule has 0 unspecified atom stereocenters. The van der Waals surface area contributed by atoms with Crippen molar-refractivity contribution in [2.24, 2.45) is 5.92 Å². The van der Waals surface area contributed by atoms with Crippen LogP contribution in [0, 0.1) is 5.92 Å². The predicted molar refractivity (Wildman–Crippen MR) is 104 cm³/mol. The van der Waals surface area contributed by atoms with Gasteiger partial charge in [-0.15, -0.1) is 11.3 Å². The summed E-state index contributed by atoms with van der Waals surface area (Å²) in [6, 6.07) is 9.16. The van der Waals surface area contributed by atoms with Crippen molar-refractivity contribution in [2.75, 3.05) is 26.0 Å². The molecule has 5 nitrogen and oxygen atoms in total. The lowest BCUT2D eigenvalue weighted by Crippen LogP contribution is -2.34. The average Bonchev–Trinajstić information content (AvgIpc) is 3.04. The zero-order valence-corrected chi connectivity index (χ0v) is 16.2. The van der Waals surface area contributed by atoms with Crippen molar-refractivity contribution in [3.8, 4) is 5.75 Å². The summed E-state index contributed by atoms with van der Waals surface area (Å²) in [6.07, 6.45) is 3.27. The number of nitrogens with one attached hydrogen (secondary N) is 1. The quantitative estimate of drug-likeness (QED) is 0.872. The highest BCUT2D eigenvalue weighted by atomic mass is 32.1. The largest absolute Gasteiger partial charge is 0.497 e. The Morgan fingerprint density at radius 1 is 1.35 bits per heavy atom. The van der Waals surface area contributed by atoms with Crippen LogP contribution in [0.5, 0.6) is 5.75 Å². The second-order valence-electron chi connectivity index (χ2n) is 6.85. The minimum absolute atomic E-state index is 0.00894. The minimum atomic E-state index is -0.232. The van der Waals surface area contributed by atoms with Crippen LogP contribution in [0.2, 0.25) is 0 Å². The lowest BCUT2D eigenvalue weighted by Gasteiger charge is -2.16. The Bertz CT molecular complexity index is 815. The van der Waals surface area contributed by atoms with Crippen LogP contribution in [0.15, 0.2) is 30.3 Å². The Hall–Kier alpha value is -2.34. The molecule has 1 aliphatic carbocycles. The van der Waals surface area contributed by atoms with E-state index in [-0.39, 0.29) is 18.4 Å². The van der Waals surface area contributed by atoms with Crippen LogP contribution >= 0.6 is 11.3 Å². The molecule has 1 N–H and O–H groups in total. The number of hydrogen-bond acceptors (Lipinski definition) is 4. The van der Waals surface area contributed by atoms with Crippen molar-refractivity contribution in [3.05, 3.63) is 45.6 Å². The topological polar surface area (TPSA) is 58.6 Å². The fraction of sp³-hybridized carbons (Fsp3) is 0.400. The van der Waals surface area contributed by atoms with Gasteiger partial charge >= 0.3 is 0 Å². The van der Waals surface area contributed by atoms with E-state index in [1.54, 1.807) is 43.7 Å². The van der Waals surface area contributed by atoms with E-state index >= 15 is 0 Å². The number of nitrogens with zero attached hydrogens (tertiary/aromatic N) is 1. The number of thiophene rings is 1. The monoisotopic (exact) mass is 372 g/mol. The molecule has 0 aliphatic heterocycles. The summed E-state index contributed by atoms with van der Waals surface area (Å²) in [5.74, 6) is 1.01. The molecule has 26 heavy (non-hydrogen) atoms. The molecule has 0 radical (unpaired) electrons. The molecule has 1 aromatic carbocycles. The first-order valence-corrected chi connectivity index (χ1v) is 9.59. The van der Waals surface area contributed by atoms with Gasteiger partial charge in [0.2, 0.25) is 5.91 Å². The molecule has 2 aromatic rings. The molecule has 138 valence electrons. The summed E-state index contributed by atoms with van der Waals surface area (Å²) >= 11 is 1.57. The molecule has 1 aromatic heterocycles. The van der Waals surface area contributed by atoms with Gasteiger partial charge in [0, 0.05) is 23.7 Å². The molecule has 2 amide bonds. The summed E-state index contributed by atoms with van der Waals surface area (Å²) in [5, 5.41) is 2.80. The number of carbonyl (C=O) groups is 2. The standard InChI is InChI=1S/C20H24N2O3S/c1-13-7-8-17-14(9-13)10-18(26-17)20(24)22(2)12-19(23)21-15-5-4-6-16(11-15)25-3/h4-6,10-11,13H,7-9,12H2,1-3H3,(H,21,23)/t13-/m0/s1. The number of ether oxygens (including phenoxy) is 1. The molecule has 0 fully saturated rings. The summed E-state index contributed by atoms with van der Waals surface area (Å²) in [5.41, 5.74) is 1.95. The molecular weight excluding hydrogens is 348 g/mol. The number of anilines is 1. The van der Waals surface area contributed by atoms with Gasteiger partial charge in [-0.3, -0.25) is 9.59 Å². The van der Waals surface area contributed by atoms with E-state index in [0.29, 0.717) is 17.4 Å². The average molecular weight is 372 g/mol. The maximum Gasteiger partial charge on any atom is 0.264 e. The Morgan fingerprint density at radius 3 is 2.92 bits per heavy atom. The lowest BCUT2D eigenvalue weighted by atomic mass is 9.90. The lowest BCUT2D eigenvalue weighted by molar-refractivity contribution is -0.116. The normalized spacial score (nSPS) is 15.9. The van der Waals surface area contributed by atoms with E-state index in [4.69, 9.17) is 4.74 Å². The van der Waals surface area contributed by atoms with Crippen LogP contribution in [0.25, 0.3) is 0 Å². The summed E-state index contributed by atoms with van der Waals surface area (Å²) in [6.45, 7) is 2.26. The molecule has 1 heterocycles. The van der Waals surface area contributed by atoms with Gasteiger partial charge in [0.1, 0.15) is 5.75 Å². The third-order valence-electron chi connectivity index (χ3n) is 4.62. The Morgan fingerprint density at radius 2 is 2.15 bits per heavy atom. The first-order valence-electron chi connectivity index (χ1n) is 8.77. The van der Waals surface area contributed by atoms with E-state index in [1.165, 1.54) is 21.8 Å². The summed E-state index contributed by atoms with van der Waals surface area (Å²) < 4.78 is 5.15. The first-order chi connectivity index (χ1) is 12.5. The summed E-state index contributed by atoms with van der Waals surface area (Å²) in [4.78, 5) is 28.4. The number of hydrogen-bond donors (Lipinski definition) is 1. The van der Waals surface area contributed by atoms with Crippen molar-refractivity contribution >= 4 is 28.8 Å². The third kappa shape index (κ3) is 4.25. The maximum atomic E-state index is 12.7. The maximum absolute atomic E-state index is 12.7. The van der Waals surface area contributed by atoms with Gasteiger partial charge in [0.25, 0.3) is 5.91 Å². The van der Waals surface area contributed by atoms with Gasteiger partial charge in [0.05, 0.1) is 18.5 Å². The predicted octanol–water partition coefficient (Wildman–Crippen LogP) is 3.59. The molecule has 0 spiro atoms. The summed E-state index contributed by atoms with van der Waals surface area (Å²) in [7, 11) is 3.24. The van der Waals surface area contributed by atoms with E-state index in [0.717, 1.165) is 17.7 Å². The van der Waals surface area contributed by atoms with Crippen LogP contribution in [-0.4, -0.2) is 37.4 Å². The van der Waals surface area contributed by atoms with Crippen molar-refractivity contribution in [1.29, 1.82) is 0 Å². The number of benzene rings is 1. The van der Waals surface area contributed by atoms with Crippen LogP contribution in [-0.2, 0) is 17.6 Å². The van der Waals surface area contributed by atoms with Crippen molar-refractivity contribution in [3.63, 3.8) is 0 Å². The number of amides is 2. The third-order valence-corrected chi connectivity index (χ3v) is 5.85. The van der Waals surface area contributed by atoms with Gasteiger partial charge in [-0.1, -0.05) is 13.0 Å². The van der Waals surface area contributed by atoms with Crippen LogP contribution < -0.4 is 10.1 Å². The molecule has 0 saturated carbocycles. The first kappa shape index (κ1) is 18.5. The highest BCUT2D eigenvalue weighted by molar-refractivity contribution is 7.14. The van der Waals surface area contributed by atoms with Crippen LogP contribution in [0.1, 0.15) is 33.5 Å². The number of methoxy groups -OCH3 is 1. The fourth-order valence-electron chi connectivity index (χ4n) is 3.19. The smallest absolute Gasteiger partial charge is 0.264 e. The van der Waals surface area contributed by atoms with Crippen molar-refractivity contribution in [2.45, 2.75) is 26.2 Å². The number of fused-ring (bicyclic) bond motifs is 1. The van der Waals surface area contributed by atoms with Gasteiger partial charge in [-0.25, -0.2) is 0 Å². The Kier molecular flexibility index (Phi) is 5.61. The fourth-order valence-corrected chi connectivity index (χ4v) is 4.39. The van der Waals surface area contributed by atoms with E-state index in [1.807, 2.05) is 12.1 Å². The molecule has 1 atom stereocenters. The van der Waals surface area contributed by atoms with Crippen LogP contribution in [0.4, 0.5) is 5.69 Å². The zero-order valence-electron chi connectivity index (χ0n) is 15.4. The van der Waals surface area contributed by atoms with Crippen LogP contribution in [0.3, 0.4) is 0 Å². The molecular formula is C20H24N2O3S. The van der Waals surface area contributed by atoms with Gasteiger partial charge in [0.15, 0.2) is 0 Å². The zero-order chi connectivity index (χ0) is 18.7. The van der Waals surface area contributed by atoms with E-state index in [9.17, 15) is 9.59 Å².